The van der Waals surface area contributed by atoms with Crippen molar-refractivity contribution in [1.82, 2.24) is 30.1 Å². The van der Waals surface area contributed by atoms with E-state index in [0.717, 1.165) is 40.4 Å². The average molecular weight is 663 g/mol. The number of piperidine rings is 1. The number of rotatable bonds is 7. The normalized spacial score (nSPS) is 14.8. The molecule has 46 heavy (non-hydrogen) atoms. The SMILES string of the molecule is CC(C)(C)OC(=O)N1CCC(n2cc([C@@H](Cc3ccc4cnnc(Nc5ccc(F)c(Cl)c5)c4c3)c3ccc(Cl)cc3)nn2)CC1. The van der Waals surface area contributed by atoms with Crippen molar-refractivity contribution in [3.63, 3.8) is 0 Å². The molecule has 0 aliphatic carbocycles. The van der Waals surface area contributed by atoms with Crippen LogP contribution in [0.4, 0.5) is 20.7 Å². The fraction of sp³-hybridized carbons (Fsp3) is 0.324. The van der Waals surface area contributed by atoms with Crippen LogP contribution in [0.2, 0.25) is 10.0 Å². The first-order valence-electron chi connectivity index (χ1n) is 15.1. The molecule has 0 radical (unpaired) electrons. The van der Waals surface area contributed by atoms with Crippen LogP contribution in [-0.4, -0.2) is 54.9 Å². The van der Waals surface area contributed by atoms with Crippen LogP contribution in [0.1, 0.15) is 62.4 Å². The highest BCUT2D eigenvalue weighted by Gasteiger charge is 2.29. The summed E-state index contributed by atoms with van der Waals surface area (Å²) < 4.78 is 21.2. The average Bonchev–Trinajstić information content (AvgIpc) is 3.52. The van der Waals surface area contributed by atoms with E-state index in [2.05, 4.69) is 38.0 Å². The van der Waals surface area contributed by atoms with E-state index in [1.54, 1.807) is 17.2 Å². The van der Waals surface area contributed by atoms with Crippen molar-refractivity contribution in [3.8, 4) is 0 Å². The second kappa shape index (κ2) is 13.2. The minimum absolute atomic E-state index is 0.0198. The van der Waals surface area contributed by atoms with Gasteiger partial charge in [0.25, 0.3) is 0 Å². The predicted octanol–water partition coefficient (Wildman–Crippen LogP) is 8.36. The Morgan fingerprint density at radius 1 is 1.04 bits per heavy atom. The standard InChI is InChI=1S/C34H34Cl2FN7O2/c1-34(2,3)46-33(45)43-14-12-26(13-15-43)44-20-31(40-42-44)27(22-6-8-24(35)9-7-22)16-21-4-5-23-19-38-41-32(28(23)17-21)39-25-10-11-30(37)29(36)18-25/h4-11,17-20,26-27H,12-16H2,1-3H3,(H,39,41)/t27-/m0/s1. The molecule has 0 bridgehead atoms. The molecule has 1 aliphatic heterocycles. The number of hydrogen-bond acceptors (Lipinski definition) is 7. The topological polar surface area (TPSA) is 98.1 Å². The first kappa shape index (κ1) is 31.7. The van der Waals surface area contributed by atoms with Gasteiger partial charge in [-0.3, -0.25) is 0 Å². The molecule has 1 atom stereocenters. The van der Waals surface area contributed by atoms with Crippen LogP contribution in [-0.2, 0) is 11.2 Å². The van der Waals surface area contributed by atoms with Crippen LogP contribution < -0.4 is 5.32 Å². The smallest absolute Gasteiger partial charge is 0.410 e. The number of amides is 1. The van der Waals surface area contributed by atoms with Crippen molar-refractivity contribution in [1.29, 1.82) is 0 Å². The molecule has 1 fully saturated rings. The molecule has 1 N–H and O–H groups in total. The van der Waals surface area contributed by atoms with Crippen LogP contribution >= 0.6 is 23.2 Å². The molecule has 0 unspecified atom stereocenters. The van der Waals surface area contributed by atoms with E-state index in [-0.39, 0.29) is 23.1 Å². The van der Waals surface area contributed by atoms with Crippen molar-refractivity contribution in [2.45, 2.75) is 57.6 Å². The van der Waals surface area contributed by atoms with E-state index in [0.29, 0.717) is 36.0 Å². The maximum atomic E-state index is 13.7. The Hall–Kier alpha value is -4.28. The number of nitrogens with one attached hydrogen (secondary N) is 1. The molecule has 0 saturated carbocycles. The fourth-order valence-electron chi connectivity index (χ4n) is 5.65. The first-order chi connectivity index (χ1) is 22.0. The van der Waals surface area contributed by atoms with Gasteiger partial charge in [0.2, 0.25) is 0 Å². The third kappa shape index (κ3) is 7.40. The summed E-state index contributed by atoms with van der Waals surface area (Å²) in [5.41, 5.74) is 3.03. The lowest BCUT2D eigenvalue weighted by Gasteiger charge is -2.33. The van der Waals surface area contributed by atoms with Crippen molar-refractivity contribution in [2.75, 3.05) is 18.4 Å². The monoisotopic (exact) mass is 661 g/mol. The Bertz CT molecular complexity index is 1850. The van der Waals surface area contributed by atoms with E-state index >= 15 is 0 Å². The van der Waals surface area contributed by atoms with Crippen LogP contribution in [0, 0.1) is 5.82 Å². The second-order valence-corrected chi connectivity index (χ2v) is 13.3. The highest BCUT2D eigenvalue weighted by Crippen LogP contribution is 2.33. The minimum atomic E-state index is -0.529. The van der Waals surface area contributed by atoms with E-state index in [9.17, 15) is 9.18 Å². The number of nitrogens with zero attached hydrogens (tertiary/aromatic N) is 6. The molecule has 9 nitrogen and oxygen atoms in total. The maximum absolute atomic E-state index is 13.7. The van der Waals surface area contributed by atoms with E-state index < -0.39 is 11.4 Å². The number of carbonyl (C=O) groups excluding carboxylic acids is 1. The lowest BCUT2D eigenvalue weighted by molar-refractivity contribution is 0.0184. The molecule has 1 saturated heterocycles. The number of anilines is 2. The number of benzene rings is 3. The van der Waals surface area contributed by atoms with Gasteiger partial charge in [-0.05, 0) is 87.6 Å². The van der Waals surface area contributed by atoms with Crippen molar-refractivity contribution in [3.05, 3.63) is 106 Å². The van der Waals surface area contributed by atoms with E-state index in [1.807, 2.05) is 62.0 Å². The Kier molecular flexibility index (Phi) is 9.11. The summed E-state index contributed by atoms with van der Waals surface area (Å²) in [5, 5.41) is 23.3. The number of hydrogen-bond donors (Lipinski definition) is 1. The number of likely N-dealkylation sites (tertiary alicyclic amines) is 1. The van der Waals surface area contributed by atoms with Gasteiger partial charge >= 0.3 is 6.09 Å². The summed E-state index contributed by atoms with van der Waals surface area (Å²) >= 11 is 12.3. The van der Waals surface area contributed by atoms with Gasteiger partial charge in [-0.15, -0.1) is 10.2 Å². The maximum Gasteiger partial charge on any atom is 0.410 e. The number of aromatic nitrogens is 5. The first-order valence-corrected chi connectivity index (χ1v) is 15.9. The molecule has 1 amide bonds. The fourth-order valence-corrected chi connectivity index (χ4v) is 5.95. The molecule has 2 aromatic heterocycles. The third-order valence-corrected chi connectivity index (χ3v) is 8.54. The van der Waals surface area contributed by atoms with Gasteiger partial charge in [0.15, 0.2) is 5.82 Å². The van der Waals surface area contributed by atoms with E-state index in [4.69, 9.17) is 27.9 Å². The Morgan fingerprint density at radius 3 is 2.52 bits per heavy atom. The molecule has 5 aromatic rings. The third-order valence-electron chi connectivity index (χ3n) is 8.00. The van der Waals surface area contributed by atoms with Gasteiger partial charge in [0.1, 0.15) is 11.4 Å². The lowest BCUT2D eigenvalue weighted by Crippen LogP contribution is -2.42. The zero-order chi connectivity index (χ0) is 32.4. The van der Waals surface area contributed by atoms with Crippen LogP contribution in [0.25, 0.3) is 10.8 Å². The quantitative estimate of drug-likeness (QED) is 0.187. The molecule has 1 aliphatic rings. The zero-order valence-electron chi connectivity index (χ0n) is 25.8. The van der Waals surface area contributed by atoms with Gasteiger partial charge < -0.3 is 15.0 Å². The molecule has 0 spiro atoms. The summed E-state index contributed by atoms with van der Waals surface area (Å²) in [5.74, 6) is -0.0592. The largest absolute Gasteiger partial charge is 0.444 e. The van der Waals surface area contributed by atoms with Gasteiger partial charge in [-0.1, -0.05) is 52.7 Å². The number of halogens is 3. The molecular weight excluding hydrogens is 628 g/mol. The second-order valence-electron chi connectivity index (χ2n) is 12.5. The highest BCUT2D eigenvalue weighted by atomic mass is 35.5. The van der Waals surface area contributed by atoms with Crippen LogP contribution in [0.15, 0.2) is 73.1 Å². The summed E-state index contributed by atoms with van der Waals surface area (Å²) in [6.45, 7) is 6.80. The van der Waals surface area contributed by atoms with Crippen LogP contribution in [0.3, 0.4) is 0 Å². The predicted molar refractivity (Wildman–Crippen MR) is 177 cm³/mol. The summed E-state index contributed by atoms with van der Waals surface area (Å²) in [6.07, 6.45) is 5.60. The van der Waals surface area contributed by atoms with Gasteiger partial charge in [-0.25, -0.2) is 13.9 Å². The number of fused-ring (bicyclic) bond motifs is 1. The molecule has 12 heteroatoms. The Labute approximate surface area is 276 Å². The van der Waals surface area contributed by atoms with Crippen molar-refractivity contribution < 1.29 is 13.9 Å². The molecular formula is C34H34Cl2FN7O2. The van der Waals surface area contributed by atoms with Gasteiger partial charge in [0, 0.05) is 46.7 Å². The Morgan fingerprint density at radius 2 is 1.80 bits per heavy atom. The lowest BCUT2D eigenvalue weighted by atomic mass is 9.89. The van der Waals surface area contributed by atoms with Crippen molar-refractivity contribution >= 4 is 51.6 Å². The summed E-state index contributed by atoms with van der Waals surface area (Å²) in [4.78, 5) is 14.3. The van der Waals surface area contributed by atoms with Gasteiger partial charge in [-0.2, -0.15) is 5.10 Å². The number of ether oxygens (including phenoxy) is 1. The highest BCUT2D eigenvalue weighted by molar-refractivity contribution is 6.31. The Balaban J connectivity index is 1.24. The van der Waals surface area contributed by atoms with Crippen molar-refractivity contribution in [2.24, 2.45) is 0 Å². The number of carbonyl (C=O) groups is 1. The van der Waals surface area contributed by atoms with Crippen LogP contribution in [0.5, 0.6) is 0 Å². The molecule has 6 rings (SSSR count). The molecule has 3 aromatic carbocycles. The molecule has 238 valence electrons. The minimum Gasteiger partial charge on any atom is -0.444 e. The molecule has 3 heterocycles. The zero-order valence-corrected chi connectivity index (χ0v) is 27.3. The summed E-state index contributed by atoms with van der Waals surface area (Å²) in [6, 6.07) is 18.5. The van der Waals surface area contributed by atoms with E-state index in [1.165, 1.54) is 12.1 Å². The van der Waals surface area contributed by atoms with Gasteiger partial charge in [0.05, 0.1) is 23.0 Å². The summed E-state index contributed by atoms with van der Waals surface area (Å²) in [7, 11) is 0.